The Morgan fingerprint density at radius 3 is 2.80 bits per heavy atom. The molecule has 0 radical (unpaired) electrons. The summed E-state index contributed by atoms with van der Waals surface area (Å²) >= 11 is 5.89. The first-order valence-corrected chi connectivity index (χ1v) is 4.85. The van der Waals surface area contributed by atoms with Gasteiger partial charge in [-0.2, -0.15) is 0 Å². The van der Waals surface area contributed by atoms with E-state index in [9.17, 15) is 5.11 Å². The molecule has 0 atom stereocenters. The number of rotatable bonds is 2. The van der Waals surface area contributed by atoms with Gasteiger partial charge in [0, 0.05) is 29.7 Å². The maximum absolute atomic E-state index is 9.22. The maximum Gasteiger partial charge on any atom is 0.135 e. The van der Waals surface area contributed by atoms with E-state index in [0.717, 1.165) is 11.1 Å². The molecule has 0 aromatic carbocycles. The van der Waals surface area contributed by atoms with E-state index in [1.807, 2.05) is 18.2 Å². The average Bonchev–Trinajstić information content (AvgIpc) is 2.30. The van der Waals surface area contributed by atoms with Crippen LogP contribution in [0.15, 0.2) is 36.8 Å². The van der Waals surface area contributed by atoms with E-state index in [4.69, 9.17) is 11.6 Å². The van der Waals surface area contributed by atoms with Crippen LogP contribution >= 0.6 is 11.6 Å². The lowest BCUT2D eigenvalue weighted by atomic mass is 10.0. The van der Waals surface area contributed by atoms with Crippen LogP contribution in [0.4, 0.5) is 0 Å². The molecule has 2 heterocycles. The van der Waals surface area contributed by atoms with Crippen molar-refractivity contribution in [2.45, 2.75) is 6.61 Å². The molecule has 0 amide bonds. The van der Waals surface area contributed by atoms with Crippen molar-refractivity contribution in [1.82, 2.24) is 9.97 Å². The highest BCUT2D eigenvalue weighted by Gasteiger charge is 2.08. The van der Waals surface area contributed by atoms with Crippen molar-refractivity contribution < 1.29 is 5.11 Å². The van der Waals surface area contributed by atoms with E-state index in [0.29, 0.717) is 10.7 Å². The van der Waals surface area contributed by atoms with Gasteiger partial charge >= 0.3 is 0 Å². The zero-order chi connectivity index (χ0) is 10.7. The number of hydrogen-bond donors (Lipinski definition) is 1. The summed E-state index contributed by atoms with van der Waals surface area (Å²) in [5.74, 6) is 0. The summed E-state index contributed by atoms with van der Waals surface area (Å²) in [5, 5.41) is 9.55. The molecule has 0 spiro atoms. The second kappa shape index (κ2) is 4.38. The molecule has 0 aliphatic heterocycles. The Hall–Kier alpha value is -1.45. The van der Waals surface area contributed by atoms with Gasteiger partial charge in [0.25, 0.3) is 0 Å². The van der Waals surface area contributed by atoms with E-state index in [-0.39, 0.29) is 6.61 Å². The van der Waals surface area contributed by atoms with Crippen molar-refractivity contribution >= 4 is 11.6 Å². The Labute approximate surface area is 92.4 Å². The van der Waals surface area contributed by atoms with Crippen LogP contribution in [0.3, 0.4) is 0 Å². The zero-order valence-corrected chi connectivity index (χ0v) is 8.65. The summed E-state index contributed by atoms with van der Waals surface area (Å²) in [5.41, 5.74) is 2.42. The SMILES string of the molecule is OCc1c(-c2cccnc2)ccnc1Cl. The summed E-state index contributed by atoms with van der Waals surface area (Å²) in [6, 6.07) is 5.57. The predicted molar refractivity (Wildman–Crippen MR) is 58.4 cm³/mol. The lowest BCUT2D eigenvalue weighted by Gasteiger charge is -2.07. The molecule has 3 nitrogen and oxygen atoms in total. The summed E-state index contributed by atoms with van der Waals surface area (Å²) in [7, 11) is 0. The highest BCUT2D eigenvalue weighted by atomic mass is 35.5. The second-order valence-electron chi connectivity index (χ2n) is 3.03. The standard InChI is InChI=1S/C11H9ClN2O/c12-11-10(7-15)9(3-5-14-11)8-2-1-4-13-6-8/h1-6,15H,7H2. The van der Waals surface area contributed by atoms with E-state index < -0.39 is 0 Å². The van der Waals surface area contributed by atoms with Crippen LogP contribution in [-0.4, -0.2) is 15.1 Å². The highest BCUT2D eigenvalue weighted by molar-refractivity contribution is 6.30. The molecule has 15 heavy (non-hydrogen) atoms. The third-order valence-electron chi connectivity index (χ3n) is 2.13. The minimum Gasteiger partial charge on any atom is -0.392 e. The number of nitrogens with zero attached hydrogens (tertiary/aromatic N) is 2. The van der Waals surface area contributed by atoms with Crippen LogP contribution in [0.1, 0.15) is 5.56 Å². The first kappa shape index (κ1) is 10.1. The topological polar surface area (TPSA) is 46.0 Å². The molecule has 0 bridgehead atoms. The fraction of sp³-hybridized carbons (Fsp3) is 0.0909. The van der Waals surface area contributed by atoms with E-state index in [1.165, 1.54) is 0 Å². The first-order chi connectivity index (χ1) is 7.33. The molecule has 0 saturated carbocycles. The fourth-order valence-corrected chi connectivity index (χ4v) is 1.63. The molecule has 0 unspecified atom stereocenters. The molecule has 0 aliphatic carbocycles. The van der Waals surface area contributed by atoms with Gasteiger partial charge in [-0.3, -0.25) is 4.98 Å². The molecule has 76 valence electrons. The van der Waals surface area contributed by atoms with Crippen LogP contribution in [-0.2, 0) is 6.61 Å². The third-order valence-corrected chi connectivity index (χ3v) is 2.46. The number of pyridine rings is 2. The third kappa shape index (κ3) is 1.98. The molecule has 0 fully saturated rings. The molecule has 2 rings (SSSR count). The summed E-state index contributed by atoms with van der Waals surface area (Å²) in [4.78, 5) is 7.94. The Bertz CT molecular complexity index is 459. The number of aromatic nitrogens is 2. The molecular formula is C11H9ClN2O. The maximum atomic E-state index is 9.22. The molecule has 1 N–H and O–H groups in total. The summed E-state index contributed by atoms with van der Waals surface area (Å²) in [6.45, 7) is -0.128. The summed E-state index contributed by atoms with van der Waals surface area (Å²) in [6.07, 6.45) is 5.04. The lowest BCUT2D eigenvalue weighted by Crippen LogP contribution is -1.93. The van der Waals surface area contributed by atoms with Crippen LogP contribution in [0.5, 0.6) is 0 Å². The quantitative estimate of drug-likeness (QED) is 0.790. The van der Waals surface area contributed by atoms with Gasteiger partial charge < -0.3 is 5.11 Å². The Balaban J connectivity index is 2.58. The normalized spacial score (nSPS) is 10.3. The van der Waals surface area contributed by atoms with Gasteiger partial charge in [0.05, 0.1) is 6.61 Å². The predicted octanol–water partition coefficient (Wildman–Crippen LogP) is 2.29. The smallest absolute Gasteiger partial charge is 0.135 e. The Morgan fingerprint density at radius 1 is 1.27 bits per heavy atom. The second-order valence-corrected chi connectivity index (χ2v) is 3.39. The largest absolute Gasteiger partial charge is 0.392 e. The van der Waals surface area contributed by atoms with Gasteiger partial charge in [0.2, 0.25) is 0 Å². The first-order valence-electron chi connectivity index (χ1n) is 4.47. The Kier molecular flexibility index (Phi) is 2.94. The van der Waals surface area contributed by atoms with E-state index in [2.05, 4.69) is 9.97 Å². The molecule has 0 saturated heterocycles. The number of hydrogen-bond acceptors (Lipinski definition) is 3. The summed E-state index contributed by atoms with van der Waals surface area (Å²) < 4.78 is 0. The van der Waals surface area contributed by atoms with Crippen molar-refractivity contribution in [2.75, 3.05) is 0 Å². The molecule has 0 aliphatic rings. The van der Waals surface area contributed by atoms with Gasteiger partial charge in [0.15, 0.2) is 0 Å². The zero-order valence-electron chi connectivity index (χ0n) is 7.89. The van der Waals surface area contributed by atoms with Gasteiger partial charge in [-0.15, -0.1) is 0 Å². The number of aliphatic hydroxyl groups excluding tert-OH is 1. The average molecular weight is 221 g/mol. The highest BCUT2D eigenvalue weighted by Crippen LogP contribution is 2.26. The van der Waals surface area contributed by atoms with Gasteiger partial charge in [-0.25, -0.2) is 4.98 Å². The van der Waals surface area contributed by atoms with E-state index >= 15 is 0 Å². The van der Waals surface area contributed by atoms with Gasteiger partial charge in [0.1, 0.15) is 5.15 Å². The molecule has 2 aromatic heterocycles. The van der Waals surface area contributed by atoms with Crippen LogP contribution in [0.25, 0.3) is 11.1 Å². The van der Waals surface area contributed by atoms with Crippen molar-refractivity contribution in [1.29, 1.82) is 0 Å². The van der Waals surface area contributed by atoms with Crippen molar-refractivity contribution in [3.8, 4) is 11.1 Å². The number of aliphatic hydroxyl groups is 1. The van der Waals surface area contributed by atoms with Crippen molar-refractivity contribution in [3.05, 3.63) is 47.5 Å². The Morgan fingerprint density at radius 2 is 2.13 bits per heavy atom. The molecular weight excluding hydrogens is 212 g/mol. The molecule has 2 aromatic rings. The van der Waals surface area contributed by atoms with Crippen LogP contribution < -0.4 is 0 Å². The van der Waals surface area contributed by atoms with Gasteiger partial charge in [-0.05, 0) is 17.7 Å². The minimum absolute atomic E-state index is 0.128. The minimum atomic E-state index is -0.128. The van der Waals surface area contributed by atoms with Crippen LogP contribution in [0, 0.1) is 0 Å². The van der Waals surface area contributed by atoms with Crippen LogP contribution in [0.2, 0.25) is 5.15 Å². The lowest BCUT2D eigenvalue weighted by molar-refractivity contribution is 0.282. The molecule has 4 heteroatoms. The van der Waals surface area contributed by atoms with Crippen molar-refractivity contribution in [2.24, 2.45) is 0 Å². The number of halogens is 1. The van der Waals surface area contributed by atoms with E-state index in [1.54, 1.807) is 18.6 Å². The monoisotopic (exact) mass is 220 g/mol. The van der Waals surface area contributed by atoms with Gasteiger partial charge in [-0.1, -0.05) is 17.7 Å². The van der Waals surface area contributed by atoms with Crippen molar-refractivity contribution in [3.63, 3.8) is 0 Å². The fourth-order valence-electron chi connectivity index (χ4n) is 1.41.